The zero-order valence-electron chi connectivity index (χ0n) is 9.67. The van der Waals surface area contributed by atoms with Crippen LogP contribution in [-0.4, -0.2) is 9.78 Å². The van der Waals surface area contributed by atoms with Crippen LogP contribution in [0.15, 0.2) is 0 Å². The van der Waals surface area contributed by atoms with Crippen molar-refractivity contribution in [3.8, 4) is 0 Å². The van der Waals surface area contributed by atoms with Gasteiger partial charge in [0, 0.05) is 23.8 Å². The minimum atomic E-state index is 0.139. The second kappa shape index (κ2) is 4.60. The summed E-state index contributed by atoms with van der Waals surface area (Å²) in [7, 11) is 0. The Morgan fingerprint density at radius 3 is 2.50 bits per heavy atom. The van der Waals surface area contributed by atoms with Crippen molar-refractivity contribution in [1.29, 1.82) is 0 Å². The summed E-state index contributed by atoms with van der Waals surface area (Å²) in [5.74, 6) is 0. The van der Waals surface area contributed by atoms with Gasteiger partial charge >= 0.3 is 0 Å². The molecule has 1 rings (SSSR count). The summed E-state index contributed by atoms with van der Waals surface area (Å²) < 4.78 is 2.07. The largest absolute Gasteiger partial charge is 0.324 e. The zero-order valence-corrected chi connectivity index (χ0v) is 9.67. The first-order valence-corrected chi connectivity index (χ1v) is 5.41. The molecule has 0 amide bonds. The zero-order chi connectivity index (χ0) is 10.7. The lowest BCUT2D eigenvalue weighted by Gasteiger charge is -2.09. The lowest BCUT2D eigenvalue weighted by Crippen LogP contribution is -2.11. The van der Waals surface area contributed by atoms with Gasteiger partial charge < -0.3 is 5.73 Å². The van der Waals surface area contributed by atoms with Crippen molar-refractivity contribution >= 4 is 0 Å². The third-order valence-electron chi connectivity index (χ3n) is 2.68. The van der Waals surface area contributed by atoms with Crippen LogP contribution in [0.3, 0.4) is 0 Å². The molecule has 0 saturated carbocycles. The maximum absolute atomic E-state index is 6.05. The van der Waals surface area contributed by atoms with Crippen LogP contribution in [0.1, 0.15) is 49.7 Å². The molecule has 80 valence electrons. The molecule has 3 nitrogen and oxygen atoms in total. The molecule has 1 aromatic rings. The van der Waals surface area contributed by atoms with Crippen molar-refractivity contribution < 1.29 is 0 Å². The van der Waals surface area contributed by atoms with E-state index in [4.69, 9.17) is 5.73 Å². The summed E-state index contributed by atoms with van der Waals surface area (Å²) >= 11 is 0. The van der Waals surface area contributed by atoms with Gasteiger partial charge in [0.05, 0.1) is 5.69 Å². The first-order valence-electron chi connectivity index (χ1n) is 5.41. The molecule has 1 unspecified atom stereocenters. The van der Waals surface area contributed by atoms with Crippen molar-refractivity contribution in [3.63, 3.8) is 0 Å². The van der Waals surface area contributed by atoms with Gasteiger partial charge in [0.2, 0.25) is 0 Å². The van der Waals surface area contributed by atoms with E-state index in [1.165, 1.54) is 11.3 Å². The van der Waals surface area contributed by atoms with Crippen LogP contribution in [0.2, 0.25) is 0 Å². The predicted molar refractivity (Wildman–Crippen MR) is 59.2 cm³/mol. The van der Waals surface area contributed by atoms with Gasteiger partial charge in [-0.05, 0) is 26.7 Å². The maximum Gasteiger partial charge on any atom is 0.0644 e. The molecule has 0 radical (unpaired) electrons. The minimum absolute atomic E-state index is 0.139. The van der Waals surface area contributed by atoms with E-state index in [0.717, 1.165) is 25.1 Å². The van der Waals surface area contributed by atoms with Gasteiger partial charge in [-0.1, -0.05) is 13.8 Å². The van der Waals surface area contributed by atoms with Gasteiger partial charge in [0.1, 0.15) is 0 Å². The van der Waals surface area contributed by atoms with Gasteiger partial charge in [0.15, 0.2) is 0 Å². The summed E-state index contributed by atoms with van der Waals surface area (Å²) in [6.45, 7) is 9.42. The lowest BCUT2D eigenvalue weighted by molar-refractivity contribution is 0.580. The van der Waals surface area contributed by atoms with Crippen LogP contribution in [0.4, 0.5) is 0 Å². The van der Waals surface area contributed by atoms with Crippen LogP contribution >= 0.6 is 0 Å². The average molecular weight is 195 g/mol. The van der Waals surface area contributed by atoms with Crippen molar-refractivity contribution in [2.45, 2.75) is 53.1 Å². The summed E-state index contributed by atoms with van der Waals surface area (Å²) in [5, 5.41) is 4.51. The molecule has 1 aromatic heterocycles. The van der Waals surface area contributed by atoms with Crippen LogP contribution < -0.4 is 5.73 Å². The molecule has 0 saturated heterocycles. The van der Waals surface area contributed by atoms with Crippen molar-refractivity contribution in [2.24, 2.45) is 5.73 Å². The fourth-order valence-corrected chi connectivity index (χ4v) is 1.88. The quantitative estimate of drug-likeness (QED) is 0.801. The monoisotopic (exact) mass is 195 g/mol. The second-order valence-corrected chi connectivity index (χ2v) is 3.82. The number of hydrogen-bond donors (Lipinski definition) is 1. The number of nitrogens with zero attached hydrogens (tertiary/aromatic N) is 2. The van der Waals surface area contributed by atoms with E-state index in [1.807, 2.05) is 6.92 Å². The molecule has 0 bridgehead atoms. The second-order valence-electron chi connectivity index (χ2n) is 3.82. The van der Waals surface area contributed by atoms with E-state index in [1.54, 1.807) is 0 Å². The molecule has 3 heteroatoms. The predicted octanol–water partition coefficient (Wildman–Crippen LogP) is 2.32. The number of nitrogens with two attached hydrogens (primary N) is 1. The highest BCUT2D eigenvalue weighted by atomic mass is 15.3. The highest BCUT2D eigenvalue weighted by Gasteiger charge is 2.15. The van der Waals surface area contributed by atoms with Crippen LogP contribution in [-0.2, 0) is 6.54 Å². The Bertz CT molecular complexity index is 302. The fraction of sp³-hybridized carbons (Fsp3) is 0.727. The van der Waals surface area contributed by atoms with Crippen molar-refractivity contribution in [1.82, 2.24) is 9.78 Å². The Labute approximate surface area is 86.3 Å². The van der Waals surface area contributed by atoms with E-state index in [9.17, 15) is 0 Å². The minimum Gasteiger partial charge on any atom is -0.324 e. The smallest absolute Gasteiger partial charge is 0.0644 e. The van der Waals surface area contributed by atoms with Gasteiger partial charge in [-0.2, -0.15) is 5.10 Å². The summed E-state index contributed by atoms with van der Waals surface area (Å²) in [4.78, 5) is 0. The maximum atomic E-state index is 6.05. The molecule has 14 heavy (non-hydrogen) atoms. The number of hydrogen-bond acceptors (Lipinski definition) is 2. The average Bonchev–Trinajstić information content (AvgIpc) is 2.42. The van der Waals surface area contributed by atoms with E-state index < -0.39 is 0 Å². The molecule has 0 aliphatic heterocycles. The fourth-order valence-electron chi connectivity index (χ4n) is 1.88. The molecule has 0 aromatic carbocycles. The standard InChI is InChI=1S/C11H21N3/c1-5-7-14-9(4)11(8(3)13-14)10(12)6-2/h10H,5-7,12H2,1-4H3. The molecule has 2 N–H and O–H groups in total. The Kier molecular flexibility index (Phi) is 3.69. The molecular formula is C11H21N3. The van der Waals surface area contributed by atoms with E-state index in [0.29, 0.717) is 0 Å². The van der Waals surface area contributed by atoms with E-state index in [2.05, 4.69) is 30.6 Å². The molecule has 1 heterocycles. The van der Waals surface area contributed by atoms with Crippen LogP contribution in [0.5, 0.6) is 0 Å². The third kappa shape index (κ3) is 1.98. The number of aryl methyl sites for hydroxylation is 2. The normalized spacial score (nSPS) is 13.2. The first kappa shape index (κ1) is 11.2. The summed E-state index contributed by atoms with van der Waals surface area (Å²) in [6.07, 6.45) is 2.09. The van der Waals surface area contributed by atoms with Gasteiger partial charge in [-0.25, -0.2) is 0 Å². The Hall–Kier alpha value is -0.830. The molecule has 1 atom stereocenters. The molecule has 0 spiro atoms. The SMILES string of the molecule is CCCn1nc(C)c(C(N)CC)c1C. The molecule has 0 aliphatic carbocycles. The Morgan fingerprint density at radius 1 is 1.36 bits per heavy atom. The van der Waals surface area contributed by atoms with Crippen molar-refractivity contribution in [2.75, 3.05) is 0 Å². The Balaban J connectivity index is 3.04. The van der Waals surface area contributed by atoms with Gasteiger partial charge in [0.25, 0.3) is 0 Å². The Morgan fingerprint density at radius 2 is 2.00 bits per heavy atom. The molecular weight excluding hydrogens is 174 g/mol. The summed E-state index contributed by atoms with van der Waals surface area (Å²) in [6, 6.07) is 0.139. The highest BCUT2D eigenvalue weighted by molar-refractivity contribution is 5.27. The molecule has 0 fully saturated rings. The first-order chi connectivity index (χ1) is 6.61. The number of aromatic nitrogens is 2. The van der Waals surface area contributed by atoms with Gasteiger partial charge in [-0.3, -0.25) is 4.68 Å². The third-order valence-corrected chi connectivity index (χ3v) is 2.68. The van der Waals surface area contributed by atoms with Crippen molar-refractivity contribution in [3.05, 3.63) is 17.0 Å². The lowest BCUT2D eigenvalue weighted by atomic mass is 10.0. The highest BCUT2D eigenvalue weighted by Crippen LogP contribution is 2.21. The molecule has 0 aliphatic rings. The van der Waals surface area contributed by atoms with Gasteiger partial charge in [-0.15, -0.1) is 0 Å². The van der Waals surface area contributed by atoms with E-state index in [-0.39, 0.29) is 6.04 Å². The van der Waals surface area contributed by atoms with Crippen LogP contribution in [0, 0.1) is 13.8 Å². The topological polar surface area (TPSA) is 43.8 Å². The van der Waals surface area contributed by atoms with Crippen LogP contribution in [0.25, 0.3) is 0 Å². The number of rotatable bonds is 4. The summed E-state index contributed by atoms with van der Waals surface area (Å²) in [5.41, 5.74) is 9.61. The van der Waals surface area contributed by atoms with E-state index >= 15 is 0 Å².